The lowest BCUT2D eigenvalue weighted by atomic mass is 10.2. The van der Waals surface area contributed by atoms with E-state index in [1.807, 2.05) is 0 Å². The zero-order valence-corrected chi connectivity index (χ0v) is 14.6. The number of fused-ring (bicyclic) bond motifs is 1. The van der Waals surface area contributed by atoms with Gasteiger partial charge in [-0.1, -0.05) is 28.9 Å². The Balaban J connectivity index is 1.84. The summed E-state index contributed by atoms with van der Waals surface area (Å²) in [5.41, 5.74) is -0.166. The van der Waals surface area contributed by atoms with Crippen molar-refractivity contribution < 1.29 is 17.9 Å². The molecular weight excluding hydrogens is 384 g/mol. The van der Waals surface area contributed by atoms with E-state index in [0.29, 0.717) is 10.9 Å². The lowest BCUT2D eigenvalue weighted by molar-refractivity contribution is 0.0336. The lowest BCUT2D eigenvalue weighted by Gasteiger charge is -2.08. The van der Waals surface area contributed by atoms with Crippen molar-refractivity contribution in [2.45, 2.75) is 11.6 Å². The number of nitrogens with two attached hydrogens (primary N) is 1. The first-order valence-corrected chi connectivity index (χ1v) is 9.02. The number of benzene rings is 2. The Labute approximate surface area is 152 Å². The van der Waals surface area contributed by atoms with Crippen molar-refractivity contribution in [3.05, 3.63) is 63.4 Å². The summed E-state index contributed by atoms with van der Waals surface area (Å²) in [6.07, 6.45) is 0. The SMILES string of the molecule is NS(=O)(=O)c1cc(C(=O)OCn2nnc3ccccc3c2=O)ccc1Cl. The fourth-order valence-corrected chi connectivity index (χ4v) is 3.23. The van der Waals surface area contributed by atoms with Crippen LogP contribution in [0.1, 0.15) is 10.4 Å². The number of sulfonamides is 1. The first kappa shape index (κ1) is 18.0. The third-order valence-electron chi connectivity index (χ3n) is 3.42. The summed E-state index contributed by atoms with van der Waals surface area (Å²) in [5, 5.41) is 12.8. The van der Waals surface area contributed by atoms with E-state index >= 15 is 0 Å². The highest BCUT2D eigenvalue weighted by Gasteiger charge is 2.17. The number of hydrogen-bond acceptors (Lipinski definition) is 7. The summed E-state index contributed by atoms with van der Waals surface area (Å²) in [7, 11) is -4.10. The predicted octanol–water partition coefficient (Wildman–Crippen LogP) is 0.907. The highest BCUT2D eigenvalue weighted by molar-refractivity contribution is 7.89. The van der Waals surface area contributed by atoms with Gasteiger partial charge in [0.2, 0.25) is 10.0 Å². The molecule has 0 spiro atoms. The van der Waals surface area contributed by atoms with Gasteiger partial charge >= 0.3 is 5.97 Å². The van der Waals surface area contributed by atoms with E-state index in [2.05, 4.69) is 10.3 Å². The first-order chi connectivity index (χ1) is 12.3. The van der Waals surface area contributed by atoms with Gasteiger partial charge in [0.05, 0.1) is 16.0 Å². The number of carbonyl (C=O) groups is 1. The maximum absolute atomic E-state index is 12.3. The summed E-state index contributed by atoms with van der Waals surface area (Å²) in [6, 6.07) is 10.1. The van der Waals surface area contributed by atoms with Crippen LogP contribution in [0.5, 0.6) is 0 Å². The van der Waals surface area contributed by atoms with E-state index in [4.69, 9.17) is 21.5 Å². The van der Waals surface area contributed by atoms with Crippen molar-refractivity contribution in [3.63, 3.8) is 0 Å². The smallest absolute Gasteiger partial charge is 0.339 e. The molecule has 0 aliphatic rings. The molecule has 1 heterocycles. The second kappa shape index (κ2) is 6.83. The van der Waals surface area contributed by atoms with Gasteiger partial charge in [-0.3, -0.25) is 4.79 Å². The maximum atomic E-state index is 12.3. The molecule has 0 fully saturated rings. The van der Waals surface area contributed by atoms with Gasteiger partial charge in [-0.05, 0) is 30.3 Å². The molecular formula is C15H11ClN4O5S. The monoisotopic (exact) mass is 394 g/mol. The molecule has 3 rings (SSSR count). The Hall–Kier alpha value is -2.82. The predicted molar refractivity (Wildman–Crippen MR) is 92.0 cm³/mol. The third kappa shape index (κ3) is 3.57. The molecule has 11 heteroatoms. The number of primary sulfonamides is 1. The fraction of sp³-hybridized carbons (Fsp3) is 0.0667. The minimum absolute atomic E-state index is 0.0970. The van der Waals surface area contributed by atoms with Crippen molar-refractivity contribution in [1.82, 2.24) is 15.0 Å². The number of hydrogen-bond donors (Lipinski definition) is 1. The molecule has 134 valence electrons. The quantitative estimate of drug-likeness (QED) is 0.649. The number of halogens is 1. The normalized spacial score (nSPS) is 11.5. The molecule has 0 saturated heterocycles. The molecule has 3 aromatic rings. The van der Waals surface area contributed by atoms with E-state index in [1.54, 1.807) is 24.3 Å². The number of nitrogens with zero attached hydrogens (tertiary/aromatic N) is 3. The van der Waals surface area contributed by atoms with Gasteiger partial charge in [-0.25, -0.2) is 18.4 Å². The average Bonchev–Trinajstić information content (AvgIpc) is 2.60. The highest BCUT2D eigenvalue weighted by atomic mass is 35.5. The van der Waals surface area contributed by atoms with Gasteiger partial charge < -0.3 is 4.74 Å². The van der Waals surface area contributed by atoms with Crippen LogP contribution < -0.4 is 10.7 Å². The number of esters is 1. The number of rotatable bonds is 4. The zero-order valence-electron chi connectivity index (χ0n) is 13.0. The van der Waals surface area contributed by atoms with E-state index < -0.39 is 33.2 Å². The van der Waals surface area contributed by atoms with Crippen molar-refractivity contribution in [2.75, 3.05) is 0 Å². The van der Waals surface area contributed by atoms with Crippen LogP contribution in [0, 0.1) is 0 Å². The van der Waals surface area contributed by atoms with Gasteiger partial charge in [0.15, 0.2) is 6.73 Å². The first-order valence-electron chi connectivity index (χ1n) is 7.09. The van der Waals surface area contributed by atoms with E-state index in [1.165, 1.54) is 12.1 Å². The van der Waals surface area contributed by atoms with Crippen LogP contribution in [-0.2, 0) is 21.5 Å². The van der Waals surface area contributed by atoms with Crippen LogP contribution in [0.25, 0.3) is 10.9 Å². The van der Waals surface area contributed by atoms with E-state index in [0.717, 1.165) is 10.7 Å². The third-order valence-corrected chi connectivity index (χ3v) is 4.81. The Morgan fingerprint density at radius 1 is 1.23 bits per heavy atom. The van der Waals surface area contributed by atoms with Crippen molar-refractivity contribution in [1.29, 1.82) is 0 Å². The summed E-state index contributed by atoms with van der Waals surface area (Å²) in [5.74, 6) is -0.881. The molecule has 0 aliphatic heterocycles. The second-order valence-electron chi connectivity index (χ2n) is 5.16. The van der Waals surface area contributed by atoms with Gasteiger partial charge in [0, 0.05) is 0 Å². The average molecular weight is 395 g/mol. The summed E-state index contributed by atoms with van der Waals surface area (Å²) in [4.78, 5) is 24.0. The fourth-order valence-electron chi connectivity index (χ4n) is 2.16. The molecule has 0 unspecified atom stereocenters. The topological polar surface area (TPSA) is 134 Å². The number of aromatic nitrogens is 3. The Morgan fingerprint density at radius 3 is 2.69 bits per heavy atom. The lowest BCUT2D eigenvalue weighted by Crippen LogP contribution is -2.26. The Kier molecular flexibility index (Phi) is 4.72. The molecule has 0 radical (unpaired) electrons. The van der Waals surface area contributed by atoms with Crippen molar-refractivity contribution in [2.24, 2.45) is 5.14 Å². The van der Waals surface area contributed by atoms with Crippen LogP contribution in [0.2, 0.25) is 5.02 Å². The van der Waals surface area contributed by atoms with Crippen LogP contribution >= 0.6 is 11.6 Å². The molecule has 9 nitrogen and oxygen atoms in total. The number of carbonyl (C=O) groups excluding carboxylic acids is 1. The largest absolute Gasteiger partial charge is 0.439 e. The molecule has 0 saturated carbocycles. The zero-order chi connectivity index (χ0) is 18.9. The summed E-state index contributed by atoms with van der Waals surface area (Å²) < 4.78 is 28.8. The van der Waals surface area contributed by atoms with Gasteiger partial charge in [-0.2, -0.15) is 4.68 Å². The molecule has 2 N–H and O–H groups in total. The molecule has 0 atom stereocenters. The second-order valence-corrected chi connectivity index (χ2v) is 7.10. The van der Waals surface area contributed by atoms with Gasteiger partial charge in [-0.15, -0.1) is 5.10 Å². The van der Waals surface area contributed by atoms with Crippen LogP contribution in [0.3, 0.4) is 0 Å². The van der Waals surface area contributed by atoms with Gasteiger partial charge in [0.25, 0.3) is 5.56 Å². The Bertz CT molecular complexity index is 1180. The number of ether oxygens (including phenoxy) is 1. The molecule has 0 aliphatic carbocycles. The maximum Gasteiger partial charge on any atom is 0.339 e. The van der Waals surface area contributed by atoms with Crippen molar-refractivity contribution in [3.8, 4) is 0 Å². The summed E-state index contributed by atoms with van der Waals surface area (Å²) >= 11 is 5.76. The van der Waals surface area contributed by atoms with Crippen molar-refractivity contribution >= 4 is 38.5 Å². The van der Waals surface area contributed by atoms with Gasteiger partial charge in [0.1, 0.15) is 10.4 Å². The van der Waals surface area contributed by atoms with Crippen LogP contribution in [0.15, 0.2) is 52.2 Å². The molecule has 0 amide bonds. The molecule has 2 aromatic carbocycles. The molecule has 1 aromatic heterocycles. The molecule has 26 heavy (non-hydrogen) atoms. The summed E-state index contributed by atoms with van der Waals surface area (Å²) in [6.45, 7) is -0.497. The van der Waals surface area contributed by atoms with Crippen LogP contribution in [-0.4, -0.2) is 29.4 Å². The minimum atomic E-state index is -4.10. The molecule has 0 bridgehead atoms. The van der Waals surface area contributed by atoms with E-state index in [9.17, 15) is 18.0 Å². The Morgan fingerprint density at radius 2 is 1.96 bits per heavy atom. The van der Waals surface area contributed by atoms with E-state index in [-0.39, 0.29) is 10.6 Å². The standard InChI is InChI=1S/C15H11ClN4O5S/c16-11-6-5-9(7-13(11)26(17,23)24)15(22)25-8-20-14(21)10-3-1-2-4-12(10)18-19-20/h1-7H,8H2,(H2,17,23,24). The van der Waals surface area contributed by atoms with Crippen LogP contribution in [0.4, 0.5) is 0 Å². The minimum Gasteiger partial charge on any atom is -0.439 e. The highest BCUT2D eigenvalue weighted by Crippen LogP contribution is 2.21.